The Kier molecular flexibility index (Phi) is 8.14. The zero-order chi connectivity index (χ0) is 21.5. The molecule has 0 saturated carbocycles. The number of aliphatic hydroxyl groups is 1. The molecule has 6 heteroatoms. The van der Waals surface area contributed by atoms with Crippen molar-refractivity contribution >= 4 is 23.3 Å². The number of nitrogens with one attached hydrogen (secondary N) is 1. The number of carbonyl (C=O) groups excluding carboxylic acids is 1. The first-order valence-electron chi connectivity index (χ1n) is 10.7. The molecule has 1 aliphatic heterocycles. The highest BCUT2D eigenvalue weighted by Gasteiger charge is 2.43. The second kappa shape index (κ2) is 10.8. The molecule has 1 aliphatic rings. The minimum Gasteiger partial charge on any atom is -0.394 e. The van der Waals surface area contributed by atoms with Crippen molar-refractivity contribution in [3.05, 3.63) is 65.2 Å². The van der Waals surface area contributed by atoms with Gasteiger partial charge in [0.25, 0.3) is 0 Å². The second-order valence-corrected chi connectivity index (χ2v) is 8.61. The Morgan fingerprint density at radius 2 is 2.00 bits per heavy atom. The van der Waals surface area contributed by atoms with E-state index in [0.29, 0.717) is 23.2 Å². The fraction of sp³-hybridized carbons (Fsp3) is 0.458. The lowest BCUT2D eigenvalue weighted by Gasteiger charge is -2.30. The van der Waals surface area contributed by atoms with Crippen molar-refractivity contribution in [3.63, 3.8) is 0 Å². The van der Waals surface area contributed by atoms with Gasteiger partial charge < -0.3 is 20.2 Å². The molecule has 1 fully saturated rings. The van der Waals surface area contributed by atoms with E-state index >= 15 is 0 Å². The standard InChI is InChI=1S/C24H32ClN3O2/c1-3-19-15-28(24(30)26-21-11-7-10-20(25)14-21)23(17-29)22(19)16-27(2)13-12-18-8-5-4-6-9-18/h4-11,14,19,22-23,29H,3,12-13,15-17H2,1-2H3,(H,26,30)/t19-,22-,23-/m1/s1. The van der Waals surface area contributed by atoms with E-state index in [2.05, 4.69) is 48.5 Å². The van der Waals surface area contributed by atoms with Gasteiger partial charge in [-0.2, -0.15) is 0 Å². The van der Waals surface area contributed by atoms with Crippen molar-refractivity contribution in [3.8, 4) is 0 Å². The lowest BCUT2D eigenvalue weighted by Crippen LogP contribution is -2.45. The van der Waals surface area contributed by atoms with Gasteiger partial charge >= 0.3 is 6.03 Å². The summed E-state index contributed by atoms with van der Waals surface area (Å²) >= 11 is 6.03. The van der Waals surface area contributed by atoms with E-state index in [1.165, 1.54) is 5.56 Å². The van der Waals surface area contributed by atoms with Gasteiger partial charge in [-0.05, 0) is 49.1 Å². The number of hydrogen-bond acceptors (Lipinski definition) is 3. The molecule has 5 nitrogen and oxygen atoms in total. The van der Waals surface area contributed by atoms with Crippen LogP contribution in [0.15, 0.2) is 54.6 Å². The number of nitrogens with zero attached hydrogens (tertiary/aromatic N) is 2. The van der Waals surface area contributed by atoms with E-state index in [9.17, 15) is 9.90 Å². The van der Waals surface area contributed by atoms with Crippen LogP contribution in [0.5, 0.6) is 0 Å². The maximum atomic E-state index is 12.9. The second-order valence-electron chi connectivity index (χ2n) is 8.17. The van der Waals surface area contributed by atoms with Gasteiger partial charge in [0.2, 0.25) is 0 Å². The van der Waals surface area contributed by atoms with Crippen LogP contribution in [0, 0.1) is 11.8 Å². The van der Waals surface area contributed by atoms with Crippen molar-refractivity contribution in [2.24, 2.45) is 11.8 Å². The molecule has 3 rings (SSSR count). The van der Waals surface area contributed by atoms with Crippen LogP contribution in [0.4, 0.5) is 10.5 Å². The van der Waals surface area contributed by atoms with Gasteiger partial charge in [0.05, 0.1) is 12.6 Å². The van der Waals surface area contributed by atoms with Gasteiger partial charge in [-0.15, -0.1) is 0 Å². The van der Waals surface area contributed by atoms with Gasteiger partial charge in [-0.3, -0.25) is 0 Å². The lowest BCUT2D eigenvalue weighted by atomic mass is 9.88. The summed E-state index contributed by atoms with van der Waals surface area (Å²) in [6.45, 7) is 4.59. The van der Waals surface area contributed by atoms with Crippen LogP contribution in [-0.2, 0) is 6.42 Å². The third-order valence-corrected chi connectivity index (χ3v) is 6.36. The van der Waals surface area contributed by atoms with Crippen LogP contribution in [0.25, 0.3) is 0 Å². The first-order valence-corrected chi connectivity index (χ1v) is 11.1. The summed E-state index contributed by atoms with van der Waals surface area (Å²) < 4.78 is 0. The maximum Gasteiger partial charge on any atom is 0.322 e. The van der Waals surface area contributed by atoms with Gasteiger partial charge in [-0.1, -0.05) is 61.3 Å². The minimum atomic E-state index is -0.187. The minimum absolute atomic E-state index is 0.0311. The number of benzene rings is 2. The normalized spacial score (nSPS) is 21.2. The highest BCUT2D eigenvalue weighted by atomic mass is 35.5. The van der Waals surface area contributed by atoms with Crippen LogP contribution >= 0.6 is 11.6 Å². The molecule has 2 amide bonds. The molecular weight excluding hydrogens is 398 g/mol. The predicted molar refractivity (Wildman–Crippen MR) is 123 cm³/mol. The fourth-order valence-electron chi connectivity index (χ4n) is 4.42. The number of hydrogen-bond donors (Lipinski definition) is 2. The van der Waals surface area contributed by atoms with Gasteiger partial charge in [0, 0.05) is 30.3 Å². The largest absolute Gasteiger partial charge is 0.394 e. The molecule has 0 aromatic heterocycles. The molecule has 162 valence electrons. The number of urea groups is 1. The predicted octanol–water partition coefficient (Wildman–Crippen LogP) is 4.37. The zero-order valence-electron chi connectivity index (χ0n) is 17.8. The smallest absolute Gasteiger partial charge is 0.322 e. The summed E-state index contributed by atoms with van der Waals surface area (Å²) in [5.41, 5.74) is 1.99. The SMILES string of the molecule is CC[C@@H]1CN(C(=O)Nc2cccc(Cl)c2)[C@H](CO)[C@@H]1CN(C)CCc1ccccc1. The summed E-state index contributed by atoms with van der Waals surface area (Å²) in [5.74, 6) is 0.609. The molecule has 0 unspecified atom stereocenters. The van der Waals surface area contributed by atoms with Crippen LogP contribution in [0.1, 0.15) is 18.9 Å². The highest BCUT2D eigenvalue weighted by molar-refractivity contribution is 6.30. The van der Waals surface area contributed by atoms with Crippen LogP contribution in [-0.4, -0.2) is 60.3 Å². The molecule has 0 bridgehead atoms. The van der Waals surface area contributed by atoms with Crippen molar-refractivity contribution in [1.82, 2.24) is 9.80 Å². The van der Waals surface area contributed by atoms with Gasteiger partial charge in [0.1, 0.15) is 0 Å². The molecule has 0 spiro atoms. The van der Waals surface area contributed by atoms with Crippen molar-refractivity contribution < 1.29 is 9.90 Å². The topological polar surface area (TPSA) is 55.8 Å². The fourth-order valence-corrected chi connectivity index (χ4v) is 4.61. The van der Waals surface area contributed by atoms with E-state index in [4.69, 9.17) is 11.6 Å². The Labute approximate surface area is 184 Å². The van der Waals surface area contributed by atoms with Gasteiger partial charge in [-0.25, -0.2) is 4.79 Å². The third-order valence-electron chi connectivity index (χ3n) is 6.13. The van der Waals surface area contributed by atoms with Crippen molar-refractivity contribution in [1.29, 1.82) is 0 Å². The number of likely N-dealkylation sites (N-methyl/N-ethyl adjacent to an activating group) is 1. The molecule has 0 aliphatic carbocycles. The molecule has 1 heterocycles. The Bertz CT molecular complexity index is 817. The van der Waals surface area contributed by atoms with Crippen LogP contribution < -0.4 is 5.32 Å². The number of aliphatic hydroxyl groups excluding tert-OH is 1. The van der Waals surface area contributed by atoms with E-state index in [1.807, 2.05) is 18.2 Å². The van der Waals surface area contributed by atoms with E-state index in [0.717, 1.165) is 25.9 Å². The average molecular weight is 430 g/mol. The molecular formula is C24H32ClN3O2. The summed E-state index contributed by atoms with van der Waals surface area (Å²) in [6.07, 6.45) is 1.97. The number of anilines is 1. The third kappa shape index (κ3) is 5.75. The summed E-state index contributed by atoms with van der Waals surface area (Å²) in [5, 5.41) is 13.7. The number of likely N-dealkylation sites (tertiary alicyclic amines) is 1. The first kappa shape index (κ1) is 22.6. The molecule has 30 heavy (non-hydrogen) atoms. The molecule has 3 atom stereocenters. The first-order chi connectivity index (χ1) is 14.5. The van der Waals surface area contributed by atoms with Crippen LogP contribution in [0.2, 0.25) is 5.02 Å². The van der Waals surface area contributed by atoms with E-state index in [-0.39, 0.29) is 24.6 Å². The molecule has 1 saturated heterocycles. The maximum absolute atomic E-state index is 12.9. The number of rotatable bonds is 8. The van der Waals surface area contributed by atoms with E-state index < -0.39 is 0 Å². The number of carbonyl (C=O) groups is 1. The van der Waals surface area contributed by atoms with Gasteiger partial charge in [0.15, 0.2) is 0 Å². The number of amides is 2. The zero-order valence-corrected chi connectivity index (χ0v) is 18.6. The molecule has 2 aromatic rings. The highest BCUT2D eigenvalue weighted by Crippen LogP contribution is 2.33. The average Bonchev–Trinajstić information content (AvgIpc) is 3.10. The Hall–Kier alpha value is -2.08. The summed E-state index contributed by atoms with van der Waals surface area (Å²) in [4.78, 5) is 17.1. The molecule has 0 radical (unpaired) electrons. The summed E-state index contributed by atoms with van der Waals surface area (Å²) in [7, 11) is 2.12. The Morgan fingerprint density at radius 3 is 2.67 bits per heavy atom. The number of halogens is 1. The molecule has 2 aromatic carbocycles. The molecule has 2 N–H and O–H groups in total. The van der Waals surface area contributed by atoms with Crippen molar-refractivity contribution in [2.45, 2.75) is 25.8 Å². The van der Waals surface area contributed by atoms with E-state index in [1.54, 1.807) is 17.0 Å². The lowest BCUT2D eigenvalue weighted by molar-refractivity contribution is 0.131. The Morgan fingerprint density at radius 1 is 1.23 bits per heavy atom. The van der Waals surface area contributed by atoms with Crippen LogP contribution in [0.3, 0.4) is 0 Å². The Balaban J connectivity index is 1.62. The van der Waals surface area contributed by atoms with Crippen molar-refractivity contribution in [2.75, 3.05) is 38.6 Å². The summed E-state index contributed by atoms with van der Waals surface area (Å²) in [6, 6.07) is 17.2. The quantitative estimate of drug-likeness (QED) is 0.655. The monoisotopic (exact) mass is 429 g/mol.